The summed E-state index contributed by atoms with van der Waals surface area (Å²) in [6.07, 6.45) is -11.9. The first-order valence-corrected chi connectivity index (χ1v) is 4.09. The van der Waals surface area contributed by atoms with Crippen LogP contribution in [0.2, 0.25) is 0 Å². The molecule has 17 heavy (non-hydrogen) atoms. The van der Waals surface area contributed by atoms with Crippen LogP contribution >= 0.6 is 0 Å². The number of aromatic nitrogens is 2. The Labute approximate surface area is 90.4 Å². The smallest absolute Gasteiger partial charge is 0.382 e. The average molecular weight is 263 g/mol. The van der Waals surface area contributed by atoms with Gasteiger partial charge in [-0.15, -0.1) is 0 Å². The molecule has 0 radical (unpaired) electrons. The molecule has 0 saturated carbocycles. The number of nitrogens with zero attached hydrogens (tertiary/aromatic N) is 1. The van der Waals surface area contributed by atoms with E-state index in [0.29, 0.717) is 0 Å². The van der Waals surface area contributed by atoms with Crippen LogP contribution in [0.5, 0.6) is 0 Å². The SMILES string of the molecule is Cc1[nH]nc(N)c1C(O)(C(F)(F)F)C(F)(F)F. The highest BCUT2D eigenvalue weighted by Gasteiger charge is 2.73. The van der Waals surface area contributed by atoms with Gasteiger partial charge in [0.25, 0.3) is 5.60 Å². The molecule has 0 aliphatic rings. The van der Waals surface area contributed by atoms with Crippen LogP contribution in [0.15, 0.2) is 0 Å². The lowest BCUT2D eigenvalue weighted by molar-refractivity contribution is -0.376. The van der Waals surface area contributed by atoms with Gasteiger partial charge in [-0.25, -0.2) is 0 Å². The van der Waals surface area contributed by atoms with Gasteiger partial charge in [0.1, 0.15) is 0 Å². The van der Waals surface area contributed by atoms with E-state index in [1.54, 1.807) is 0 Å². The van der Waals surface area contributed by atoms with Crippen molar-refractivity contribution >= 4 is 5.82 Å². The number of nitrogen functional groups attached to an aromatic ring is 1. The van der Waals surface area contributed by atoms with Crippen molar-refractivity contribution < 1.29 is 31.4 Å². The zero-order valence-electron chi connectivity index (χ0n) is 8.24. The maximum atomic E-state index is 12.5. The molecule has 1 heterocycles. The quantitative estimate of drug-likeness (QED) is 0.674. The maximum absolute atomic E-state index is 12.5. The summed E-state index contributed by atoms with van der Waals surface area (Å²) in [7, 11) is 0. The molecule has 0 bridgehead atoms. The second-order valence-corrected chi connectivity index (χ2v) is 3.31. The third kappa shape index (κ3) is 1.81. The summed E-state index contributed by atoms with van der Waals surface area (Å²) in [5, 5.41) is 13.9. The van der Waals surface area contributed by atoms with E-state index in [-0.39, 0.29) is 0 Å². The van der Waals surface area contributed by atoms with E-state index in [1.807, 2.05) is 5.10 Å². The van der Waals surface area contributed by atoms with Gasteiger partial charge in [-0.1, -0.05) is 0 Å². The molecule has 0 aliphatic carbocycles. The number of rotatable bonds is 1. The van der Waals surface area contributed by atoms with Crippen LogP contribution in [0.1, 0.15) is 11.3 Å². The molecule has 4 nitrogen and oxygen atoms in total. The number of aromatic amines is 1. The van der Waals surface area contributed by atoms with E-state index in [1.165, 1.54) is 0 Å². The molecule has 0 aromatic carbocycles. The number of H-pyrrole nitrogens is 1. The molecule has 1 rings (SSSR count). The minimum Gasteiger partial charge on any atom is -0.382 e. The van der Waals surface area contributed by atoms with Crippen LogP contribution < -0.4 is 5.73 Å². The highest BCUT2D eigenvalue weighted by atomic mass is 19.4. The lowest BCUT2D eigenvalue weighted by Crippen LogP contribution is -2.54. The Kier molecular flexibility index (Phi) is 2.82. The first kappa shape index (κ1) is 13.6. The summed E-state index contributed by atoms with van der Waals surface area (Å²) < 4.78 is 74.7. The Hall–Kier alpha value is -1.45. The predicted molar refractivity (Wildman–Crippen MR) is 43.7 cm³/mol. The van der Waals surface area contributed by atoms with E-state index < -0.39 is 35.0 Å². The molecule has 10 heteroatoms. The lowest BCUT2D eigenvalue weighted by atomic mass is 9.92. The monoisotopic (exact) mass is 263 g/mol. The molecule has 4 N–H and O–H groups in total. The van der Waals surface area contributed by atoms with Gasteiger partial charge in [0.05, 0.1) is 5.56 Å². The third-order valence-corrected chi connectivity index (χ3v) is 2.16. The Morgan fingerprint density at radius 2 is 1.53 bits per heavy atom. The van der Waals surface area contributed by atoms with Crippen molar-refractivity contribution in [2.45, 2.75) is 24.9 Å². The fourth-order valence-corrected chi connectivity index (χ4v) is 1.35. The second kappa shape index (κ2) is 3.52. The van der Waals surface area contributed by atoms with Gasteiger partial charge in [-0.2, -0.15) is 31.4 Å². The number of hydrogen-bond donors (Lipinski definition) is 3. The van der Waals surface area contributed by atoms with Gasteiger partial charge in [-0.3, -0.25) is 5.10 Å². The summed E-state index contributed by atoms with van der Waals surface area (Å²) >= 11 is 0. The van der Waals surface area contributed by atoms with Crippen molar-refractivity contribution in [3.05, 3.63) is 11.3 Å². The first-order valence-electron chi connectivity index (χ1n) is 4.09. The topological polar surface area (TPSA) is 74.9 Å². The number of anilines is 1. The summed E-state index contributed by atoms with van der Waals surface area (Å²) in [6, 6.07) is 0. The van der Waals surface area contributed by atoms with Gasteiger partial charge >= 0.3 is 12.4 Å². The van der Waals surface area contributed by atoms with Gasteiger partial charge in [0.2, 0.25) is 0 Å². The van der Waals surface area contributed by atoms with Crippen molar-refractivity contribution in [3.8, 4) is 0 Å². The molecule has 0 atom stereocenters. The first-order chi connectivity index (χ1) is 7.43. The van der Waals surface area contributed by atoms with Crippen LogP contribution in [0.3, 0.4) is 0 Å². The highest BCUT2D eigenvalue weighted by Crippen LogP contribution is 2.51. The third-order valence-electron chi connectivity index (χ3n) is 2.16. The maximum Gasteiger partial charge on any atom is 0.430 e. The number of nitrogens with one attached hydrogen (secondary N) is 1. The second-order valence-electron chi connectivity index (χ2n) is 3.31. The number of halogens is 6. The van der Waals surface area contributed by atoms with Crippen LogP contribution in [0.4, 0.5) is 32.2 Å². The van der Waals surface area contributed by atoms with Gasteiger partial charge in [-0.05, 0) is 6.92 Å². The Balaban J connectivity index is 3.58. The van der Waals surface area contributed by atoms with E-state index in [2.05, 4.69) is 5.10 Å². The largest absolute Gasteiger partial charge is 0.430 e. The predicted octanol–water partition coefficient (Wildman–Crippen LogP) is 1.61. The van der Waals surface area contributed by atoms with Crippen molar-refractivity contribution in [3.63, 3.8) is 0 Å². The summed E-state index contributed by atoms with van der Waals surface area (Å²) in [5.41, 5.74) is -2.26. The molecule has 0 amide bonds. The highest BCUT2D eigenvalue weighted by molar-refractivity contribution is 5.47. The zero-order chi connectivity index (χ0) is 13.6. The number of aryl methyl sites for hydroxylation is 1. The molecule has 0 unspecified atom stereocenters. The summed E-state index contributed by atoms with van der Waals surface area (Å²) in [4.78, 5) is 0. The summed E-state index contributed by atoms with van der Waals surface area (Å²) in [6.45, 7) is 0.890. The summed E-state index contributed by atoms with van der Waals surface area (Å²) in [5.74, 6) is -1.06. The van der Waals surface area contributed by atoms with Crippen LogP contribution in [0, 0.1) is 6.92 Å². The molecular weight excluding hydrogens is 256 g/mol. The van der Waals surface area contributed by atoms with Crippen molar-refractivity contribution in [2.75, 3.05) is 5.73 Å². The minimum absolute atomic E-state index is 0.611. The Morgan fingerprint density at radius 3 is 1.76 bits per heavy atom. The number of aliphatic hydroxyl groups is 1. The molecule has 0 aliphatic heterocycles. The normalized spacial score (nSPS) is 14.1. The lowest BCUT2D eigenvalue weighted by Gasteiger charge is -2.32. The molecule has 1 aromatic heterocycles. The minimum atomic E-state index is -5.96. The molecule has 1 aromatic rings. The van der Waals surface area contributed by atoms with Gasteiger partial charge < -0.3 is 10.8 Å². The molecule has 0 fully saturated rings. The fraction of sp³-hybridized carbons (Fsp3) is 0.571. The molecule has 98 valence electrons. The van der Waals surface area contributed by atoms with Crippen molar-refractivity contribution in [2.24, 2.45) is 0 Å². The average Bonchev–Trinajstić information content (AvgIpc) is 2.41. The Morgan fingerprint density at radius 1 is 1.12 bits per heavy atom. The molecular formula is C7H7F6N3O. The van der Waals surface area contributed by atoms with Gasteiger partial charge in [0.15, 0.2) is 5.82 Å². The number of nitrogens with two attached hydrogens (primary N) is 1. The molecule has 0 spiro atoms. The number of hydrogen-bond acceptors (Lipinski definition) is 3. The van der Waals surface area contributed by atoms with Crippen LogP contribution in [-0.2, 0) is 5.60 Å². The van der Waals surface area contributed by atoms with E-state index in [4.69, 9.17) is 10.8 Å². The standard InChI is InChI=1S/C7H7F6N3O/c1-2-3(4(14)16-15-2)5(17,6(8,9)10)7(11,12)13/h17H,1H3,(H3,14,15,16). The van der Waals surface area contributed by atoms with Crippen LogP contribution in [-0.4, -0.2) is 27.7 Å². The number of alkyl halides is 6. The molecule has 0 saturated heterocycles. The van der Waals surface area contributed by atoms with Crippen LogP contribution in [0.25, 0.3) is 0 Å². The van der Waals surface area contributed by atoms with Gasteiger partial charge in [0, 0.05) is 5.69 Å². The fourth-order valence-electron chi connectivity index (χ4n) is 1.35. The van der Waals surface area contributed by atoms with Crippen molar-refractivity contribution in [1.29, 1.82) is 0 Å². The van der Waals surface area contributed by atoms with E-state index in [9.17, 15) is 26.3 Å². The van der Waals surface area contributed by atoms with E-state index in [0.717, 1.165) is 6.92 Å². The zero-order valence-corrected chi connectivity index (χ0v) is 8.24. The Bertz CT molecular complexity index is 387. The van der Waals surface area contributed by atoms with Crippen molar-refractivity contribution in [1.82, 2.24) is 10.2 Å². The van der Waals surface area contributed by atoms with E-state index >= 15 is 0 Å².